The minimum atomic E-state index is -0.261. The third kappa shape index (κ3) is 5.58. The van der Waals surface area contributed by atoms with Gasteiger partial charge in [-0.3, -0.25) is 4.79 Å². The lowest BCUT2D eigenvalue weighted by atomic mass is 10.2. The van der Waals surface area contributed by atoms with Crippen molar-refractivity contribution in [2.45, 2.75) is 13.3 Å². The number of rotatable bonds is 8. The molecule has 0 spiro atoms. The highest BCUT2D eigenvalue weighted by Crippen LogP contribution is 2.30. The van der Waals surface area contributed by atoms with Crippen LogP contribution < -0.4 is 15.4 Å². The summed E-state index contributed by atoms with van der Waals surface area (Å²) >= 11 is 6.03. The predicted molar refractivity (Wildman–Crippen MR) is 96.9 cm³/mol. The van der Waals surface area contributed by atoms with Crippen molar-refractivity contribution < 1.29 is 14.3 Å². The van der Waals surface area contributed by atoms with Crippen molar-refractivity contribution in [3.8, 4) is 5.75 Å². The standard InChI is InChI=1S/C17H21ClN4O3/c1-11-20-14(17(23)19-7-4-8-24-2)10-16(21-11)22-13-9-12(18)5-6-15(13)25-3/h5-6,9-10H,4,7-8H2,1-3H3,(H,19,23)(H,20,21,22). The Hall–Kier alpha value is -2.38. The fourth-order valence-electron chi connectivity index (χ4n) is 2.17. The number of ether oxygens (including phenoxy) is 2. The van der Waals surface area contributed by atoms with Crippen LogP contribution in [0.2, 0.25) is 5.02 Å². The lowest BCUT2D eigenvalue weighted by Gasteiger charge is -2.12. The number of methoxy groups -OCH3 is 2. The molecule has 1 aromatic heterocycles. The first-order valence-corrected chi connectivity index (χ1v) is 8.14. The Morgan fingerprint density at radius 2 is 2.04 bits per heavy atom. The van der Waals surface area contributed by atoms with Crippen LogP contribution in [0.25, 0.3) is 0 Å². The molecule has 2 rings (SSSR count). The van der Waals surface area contributed by atoms with Crippen LogP contribution in [0.3, 0.4) is 0 Å². The van der Waals surface area contributed by atoms with Gasteiger partial charge in [-0.2, -0.15) is 0 Å². The van der Waals surface area contributed by atoms with Crippen molar-refractivity contribution in [2.75, 3.05) is 32.7 Å². The van der Waals surface area contributed by atoms with E-state index in [4.69, 9.17) is 21.1 Å². The molecule has 2 aromatic rings. The summed E-state index contributed by atoms with van der Waals surface area (Å²) in [5.74, 6) is 1.32. The fourth-order valence-corrected chi connectivity index (χ4v) is 2.34. The Labute approximate surface area is 151 Å². The highest BCUT2D eigenvalue weighted by atomic mass is 35.5. The minimum absolute atomic E-state index is 0.261. The summed E-state index contributed by atoms with van der Waals surface area (Å²) in [4.78, 5) is 20.7. The van der Waals surface area contributed by atoms with Gasteiger partial charge in [0.15, 0.2) is 0 Å². The maximum absolute atomic E-state index is 12.2. The highest BCUT2D eigenvalue weighted by molar-refractivity contribution is 6.31. The number of aryl methyl sites for hydroxylation is 1. The van der Waals surface area contributed by atoms with Crippen molar-refractivity contribution in [1.29, 1.82) is 0 Å². The summed E-state index contributed by atoms with van der Waals surface area (Å²) in [6.07, 6.45) is 0.733. The molecule has 0 aliphatic rings. The van der Waals surface area contributed by atoms with E-state index in [0.717, 1.165) is 6.42 Å². The van der Waals surface area contributed by atoms with Crippen molar-refractivity contribution in [3.63, 3.8) is 0 Å². The lowest BCUT2D eigenvalue weighted by Crippen LogP contribution is -2.26. The molecule has 0 fully saturated rings. The molecule has 0 unspecified atom stereocenters. The van der Waals surface area contributed by atoms with Crippen LogP contribution in [-0.4, -0.2) is 43.2 Å². The number of anilines is 2. The molecule has 0 aliphatic carbocycles. The van der Waals surface area contributed by atoms with Crippen LogP contribution in [0, 0.1) is 6.92 Å². The Bertz CT molecular complexity index is 740. The second-order valence-corrected chi connectivity index (χ2v) is 5.69. The van der Waals surface area contributed by atoms with Gasteiger partial charge in [0.05, 0.1) is 12.8 Å². The number of amides is 1. The van der Waals surface area contributed by atoms with Gasteiger partial charge >= 0.3 is 0 Å². The van der Waals surface area contributed by atoms with Gasteiger partial charge in [-0.25, -0.2) is 9.97 Å². The molecule has 0 aliphatic heterocycles. The molecule has 1 heterocycles. The number of carbonyl (C=O) groups is 1. The third-order valence-electron chi connectivity index (χ3n) is 3.31. The highest BCUT2D eigenvalue weighted by Gasteiger charge is 2.12. The van der Waals surface area contributed by atoms with Crippen LogP contribution in [0.4, 0.5) is 11.5 Å². The van der Waals surface area contributed by atoms with Gasteiger partial charge in [0.2, 0.25) is 0 Å². The number of nitrogens with one attached hydrogen (secondary N) is 2. The second-order valence-electron chi connectivity index (χ2n) is 5.26. The Morgan fingerprint density at radius 1 is 1.24 bits per heavy atom. The zero-order valence-corrected chi connectivity index (χ0v) is 15.2. The Balaban J connectivity index is 2.16. The quantitative estimate of drug-likeness (QED) is 0.700. The summed E-state index contributed by atoms with van der Waals surface area (Å²) in [7, 11) is 3.19. The largest absolute Gasteiger partial charge is 0.495 e. The van der Waals surface area contributed by atoms with E-state index in [0.29, 0.717) is 41.3 Å². The van der Waals surface area contributed by atoms with E-state index >= 15 is 0 Å². The maximum atomic E-state index is 12.2. The normalized spacial score (nSPS) is 10.4. The van der Waals surface area contributed by atoms with Crippen LogP contribution in [-0.2, 0) is 4.74 Å². The monoisotopic (exact) mass is 364 g/mol. The molecule has 134 valence electrons. The number of hydrogen-bond acceptors (Lipinski definition) is 6. The molecular weight excluding hydrogens is 344 g/mol. The van der Waals surface area contributed by atoms with E-state index in [1.54, 1.807) is 45.4 Å². The number of halogens is 1. The van der Waals surface area contributed by atoms with Crippen molar-refractivity contribution in [3.05, 3.63) is 40.8 Å². The van der Waals surface area contributed by atoms with Crippen LogP contribution >= 0.6 is 11.6 Å². The van der Waals surface area contributed by atoms with Gasteiger partial charge in [-0.1, -0.05) is 11.6 Å². The number of benzene rings is 1. The molecule has 7 nitrogen and oxygen atoms in total. The molecule has 25 heavy (non-hydrogen) atoms. The van der Waals surface area contributed by atoms with E-state index in [9.17, 15) is 4.79 Å². The van der Waals surface area contributed by atoms with E-state index in [2.05, 4.69) is 20.6 Å². The first-order valence-electron chi connectivity index (χ1n) is 7.77. The minimum Gasteiger partial charge on any atom is -0.495 e. The Kier molecular flexibility index (Phi) is 6.97. The van der Waals surface area contributed by atoms with Crippen molar-refractivity contribution in [2.24, 2.45) is 0 Å². The maximum Gasteiger partial charge on any atom is 0.270 e. The van der Waals surface area contributed by atoms with Crippen LogP contribution in [0.15, 0.2) is 24.3 Å². The molecular formula is C17H21ClN4O3. The van der Waals surface area contributed by atoms with E-state index in [1.165, 1.54) is 0 Å². The summed E-state index contributed by atoms with van der Waals surface area (Å²) in [5.41, 5.74) is 0.938. The van der Waals surface area contributed by atoms with Gasteiger partial charge in [0, 0.05) is 31.4 Å². The zero-order valence-electron chi connectivity index (χ0n) is 14.4. The predicted octanol–water partition coefficient (Wildman–Crippen LogP) is 2.96. The summed E-state index contributed by atoms with van der Waals surface area (Å²) in [5, 5.41) is 6.48. The van der Waals surface area contributed by atoms with Gasteiger partial charge in [-0.05, 0) is 31.5 Å². The zero-order chi connectivity index (χ0) is 18.2. The number of carbonyl (C=O) groups excluding carboxylic acids is 1. The molecule has 0 saturated heterocycles. The van der Waals surface area contributed by atoms with Crippen molar-refractivity contribution in [1.82, 2.24) is 15.3 Å². The van der Waals surface area contributed by atoms with Gasteiger partial charge < -0.3 is 20.1 Å². The second kappa shape index (κ2) is 9.19. The average Bonchev–Trinajstić information content (AvgIpc) is 2.58. The van der Waals surface area contributed by atoms with Gasteiger partial charge in [-0.15, -0.1) is 0 Å². The Morgan fingerprint density at radius 3 is 2.76 bits per heavy atom. The summed E-state index contributed by atoms with van der Waals surface area (Å²) in [6, 6.07) is 6.79. The molecule has 0 atom stereocenters. The first kappa shape index (κ1) is 19.0. The summed E-state index contributed by atoms with van der Waals surface area (Å²) < 4.78 is 10.3. The van der Waals surface area contributed by atoms with Gasteiger partial charge in [0.25, 0.3) is 5.91 Å². The molecule has 1 amide bonds. The first-order chi connectivity index (χ1) is 12.0. The fraction of sp³-hybridized carbons (Fsp3) is 0.353. The number of hydrogen-bond donors (Lipinski definition) is 2. The molecule has 1 aromatic carbocycles. The van der Waals surface area contributed by atoms with E-state index in [-0.39, 0.29) is 11.6 Å². The number of aromatic nitrogens is 2. The lowest BCUT2D eigenvalue weighted by molar-refractivity contribution is 0.0943. The molecule has 0 saturated carbocycles. The molecule has 8 heteroatoms. The van der Waals surface area contributed by atoms with Gasteiger partial charge in [0.1, 0.15) is 23.1 Å². The summed E-state index contributed by atoms with van der Waals surface area (Å²) in [6.45, 7) is 2.83. The number of nitrogens with zero attached hydrogens (tertiary/aromatic N) is 2. The van der Waals surface area contributed by atoms with Crippen LogP contribution in [0.5, 0.6) is 5.75 Å². The molecule has 0 radical (unpaired) electrons. The third-order valence-corrected chi connectivity index (χ3v) is 3.54. The SMILES string of the molecule is COCCCNC(=O)c1cc(Nc2cc(Cl)ccc2OC)nc(C)n1. The topological polar surface area (TPSA) is 85.4 Å². The molecule has 0 bridgehead atoms. The van der Waals surface area contributed by atoms with Crippen LogP contribution in [0.1, 0.15) is 22.7 Å². The van der Waals surface area contributed by atoms with E-state index in [1.807, 2.05) is 0 Å². The average molecular weight is 365 g/mol. The van der Waals surface area contributed by atoms with Crippen molar-refractivity contribution >= 4 is 29.0 Å². The molecule has 2 N–H and O–H groups in total. The van der Waals surface area contributed by atoms with E-state index < -0.39 is 0 Å². The smallest absolute Gasteiger partial charge is 0.270 e.